The largest absolute Gasteiger partial charge is 0.469 e. The van der Waals surface area contributed by atoms with Crippen molar-refractivity contribution in [1.29, 1.82) is 5.26 Å². The molecule has 4 nitrogen and oxygen atoms in total. The zero-order valence-electron chi connectivity index (χ0n) is 8.70. The van der Waals surface area contributed by atoms with Gasteiger partial charge in [-0.3, -0.25) is 4.79 Å². The van der Waals surface area contributed by atoms with Crippen molar-refractivity contribution in [3.63, 3.8) is 0 Å². The molecular formula is C11H12N2O2. The Hall–Kier alpha value is -2.02. The Labute approximate surface area is 88.3 Å². The van der Waals surface area contributed by atoms with Gasteiger partial charge in [-0.05, 0) is 24.6 Å². The number of anilines is 1. The maximum absolute atomic E-state index is 11.1. The number of ether oxygens (including phenoxy) is 1. The van der Waals surface area contributed by atoms with Crippen LogP contribution in [0.3, 0.4) is 0 Å². The monoisotopic (exact) mass is 204 g/mol. The summed E-state index contributed by atoms with van der Waals surface area (Å²) in [6, 6.07) is 5.46. The van der Waals surface area contributed by atoms with E-state index in [2.05, 4.69) is 4.74 Å². The Bertz CT molecular complexity index is 433. The van der Waals surface area contributed by atoms with Gasteiger partial charge < -0.3 is 10.5 Å². The Morgan fingerprint density at radius 1 is 1.60 bits per heavy atom. The number of hydrogen-bond donors (Lipinski definition) is 1. The van der Waals surface area contributed by atoms with Gasteiger partial charge in [-0.15, -0.1) is 0 Å². The predicted octanol–water partition coefficient (Wildman–Crippen LogP) is 1.16. The molecule has 0 fully saturated rings. The summed E-state index contributed by atoms with van der Waals surface area (Å²) in [5, 5.41) is 8.90. The lowest BCUT2D eigenvalue weighted by atomic mass is 10.0. The van der Waals surface area contributed by atoms with Gasteiger partial charge in [-0.25, -0.2) is 0 Å². The zero-order valence-corrected chi connectivity index (χ0v) is 8.70. The van der Waals surface area contributed by atoms with Crippen molar-refractivity contribution >= 4 is 11.7 Å². The second-order valence-electron chi connectivity index (χ2n) is 3.24. The van der Waals surface area contributed by atoms with Crippen LogP contribution in [-0.4, -0.2) is 13.1 Å². The van der Waals surface area contributed by atoms with Crippen molar-refractivity contribution < 1.29 is 9.53 Å². The standard InChI is InChI=1S/C11H12N2O2/c1-7-3-8(6-12)9(10(13)4-7)5-11(14)15-2/h3-4H,5,13H2,1-2H3. The van der Waals surface area contributed by atoms with Crippen LogP contribution < -0.4 is 5.73 Å². The van der Waals surface area contributed by atoms with E-state index in [-0.39, 0.29) is 6.42 Å². The number of nitrogens with zero attached hydrogens (tertiary/aromatic N) is 1. The third-order valence-electron chi connectivity index (χ3n) is 2.10. The van der Waals surface area contributed by atoms with Crippen molar-refractivity contribution in [3.8, 4) is 6.07 Å². The number of rotatable bonds is 2. The van der Waals surface area contributed by atoms with Gasteiger partial charge in [0.1, 0.15) is 0 Å². The number of hydrogen-bond acceptors (Lipinski definition) is 4. The van der Waals surface area contributed by atoms with Crippen molar-refractivity contribution in [2.45, 2.75) is 13.3 Å². The maximum Gasteiger partial charge on any atom is 0.310 e. The lowest BCUT2D eigenvalue weighted by Crippen LogP contribution is -2.09. The lowest BCUT2D eigenvalue weighted by molar-refractivity contribution is -0.139. The molecule has 1 aromatic rings. The first-order valence-corrected chi connectivity index (χ1v) is 4.44. The maximum atomic E-state index is 11.1. The van der Waals surface area contributed by atoms with Crippen LogP contribution in [0.25, 0.3) is 0 Å². The van der Waals surface area contributed by atoms with Crippen LogP contribution >= 0.6 is 0 Å². The van der Waals surface area contributed by atoms with Gasteiger partial charge >= 0.3 is 5.97 Å². The summed E-state index contributed by atoms with van der Waals surface area (Å²) >= 11 is 0. The number of aryl methyl sites for hydroxylation is 1. The summed E-state index contributed by atoms with van der Waals surface area (Å²) in [6.07, 6.45) is 0.0332. The number of carbonyl (C=O) groups excluding carboxylic acids is 1. The first kappa shape index (κ1) is 11.1. The summed E-state index contributed by atoms with van der Waals surface area (Å²) in [7, 11) is 1.30. The van der Waals surface area contributed by atoms with E-state index in [0.717, 1.165) is 5.56 Å². The van der Waals surface area contributed by atoms with Crippen LogP contribution in [0.2, 0.25) is 0 Å². The number of carbonyl (C=O) groups is 1. The summed E-state index contributed by atoms with van der Waals surface area (Å²) in [5.41, 5.74) is 8.06. The highest BCUT2D eigenvalue weighted by Crippen LogP contribution is 2.20. The number of nitrogen functional groups attached to an aromatic ring is 1. The molecule has 0 amide bonds. The number of nitrogens with two attached hydrogens (primary N) is 1. The Kier molecular flexibility index (Phi) is 3.29. The topological polar surface area (TPSA) is 76.1 Å². The molecule has 0 aliphatic heterocycles. The van der Waals surface area contributed by atoms with E-state index < -0.39 is 5.97 Å². The summed E-state index contributed by atoms with van der Waals surface area (Å²) in [5.74, 6) is -0.401. The highest BCUT2D eigenvalue weighted by Gasteiger charge is 2.12. The molecule has 0 radical (unpaired) electrons. The third-order valence-corrected chi connectivity index (χ3v) is 2.10. The fourth-order valence-corrected chi connectivity index (χ4v) is 1.36. The molecule has 0 unspecified atom stereocenters. The molecule has 0 saturated heterocycles. The van der Waals surface area contributed by atoms with Crippen LogP contribution in [0.15, 0.2) is 12.1 Å². The van der Waals surface area contributed by atoms with Gasteiger partial charge in [-0.1, -0.05) is 0 Å². The molecule has 0 bridgehead atoms. The van der Waals surface area contributed by atoms with Gasteiger partial charge in [0.2, 0.25) is 0 Å². The summed E-state index contributed by atoms with van der Waals surface area (Å²) in [6.45, 7) is 1.85. The van der Waals surface area contributed by atoms with E-state index in [1.54, 1.807) is 12.1 Å². The minimum absolute atomic E-state index is 0.0332. The smallest absolute Gasteiger partial charge is 0.310 e. The van der Waals surface area contributed by atoms with Crippen molar-refractivity contribution in [2.24, 2.45) is 0 Å². The van der Waals surface area contributed by atoms with Crippen LogP contribution in [0.1, 0.15) is 16.7 Å². The molecule has 1 rings (SSSR count). The second kappa shape index (κ2) is 4.47. The van der Waals surface area contributed by atoms with E-state index in [0.29, 0.717) is 16.8 Å². The highest BCUT2D eigenvalue weighted by atomic mass is 16.5. The van der Waals surface area contributed by atoms with Crippen molar-refractivity contribution in [3.05, 3.63) is 28.8 Å². The van der Waals surface area contributed by atoms with Crippen molar-refractivity contribution in [2.75, 3.05) is 12.8 Å². The Morgan fingerprint density at radius 3 is 2.80 bits per heavy atom. The molecule has 0 aliphatic rings. The average molecular weight is 204 g/mol. The molecule has 0 spiro atoms. The molecule has 1 aromatic carbocycles. The molecule has 0 aromatic heterocycles. The van der Waals surface area contributed by atoms with Gasteiger partial charge in [0.05, 0.1) is 25.2 Å². The molecule has 4 heteroatoms. The first-order chi connectivity index (χ1) is 7.08. The predicted molar refractivity (Wildman–Crippen MR) is 56.0 cm³/mol. The summed E-state index contributed by atoms with van der Waals surface area (Å²) in [4.78, 5) is 11.1. The quantitative estimate of drug-likeness (QED) is 0.579. The summed E-state index contributed by atoms with van der Waals surface area (Å²) < 4.78 is 4.53. The van der Waals surface area contributed by atoms with E-state index >= 15 is 0 Å². The van der Waals surface area contributed by atoms with Crippen molar-refractivity contribution in [1.82, 2.24) is 0 Å². The molecule has 78 valence electrons. The molecule has 0 aliphatic carbocycles. The van der Waals surface area contributed by atoms with Crippen LogP contribution in [0.4, 0.5) is 5.69 Å². The van der Waals surface area contributed by atoms with Gasteiger partial charge in [0.15, 0.2) is 0 Å². The lowest BCUT2D eigenvalue weighted by Gasteiger charge is -2.07. The Balaban J connectivity index is 3.17. The van der Waals surface area contributed by atoms with Crippen LogP contribution in [-0.2, 0) is 16.0 Å². The van der Waals surface area contributed by atoms with Gasteiger partial charge in [0.25, 0.3) is 0 Å². The highest BCUT2D eigenvalue weighted by molar-refractivity contribution is 5.76. The van der Waals surface area contributed by atoms with Crippen LogP contribution in [0, 0.1) is 18.3 Å². The number of methoxy groups -OCH3 is 1. The van der Waals surface area contributed by atoms with E-state index in [9.17, 15) is 4.79 Å². The molecule has 2 N–H and O–H groups in total. The molecule has 0 saturated carbocycles. The molecular weight excluding hydrogens is 192 g/mol. The third kappa shape index (κ3) is 2.47. The van der Waals surface area contributed by atoms with Gasteiger partial charge in [0, 0.05) is 11.3 Å². The SMILES string of the molecule is COC(=O)Cc1c(N)cc(C)cc1C#N. The minimum Gasteiger partial charge on any atom is -0.469 e. The van der Waals surface area contributed by atoms with Crippen LogP contribution in [0.5, 0.6) is 0 Å². The first-order valence-electron chi connectivity index (χ1n) is 4.44. The molecule has 0 atom stereocenters. The zero-order chi connectivity index (χ0) is 11.4. The number of esters is 1. The number of benzene rings is 1. The van der Waals surface area contributed by atoms with E-state index in [1.807, 2.05) is 13.0 Å². The fourth-order valence-electron chi connectivity index (χ4n) is 1.36. The Morgan fingerprint density at radius 2 is 2.27 bits per heavy atom. The molecule has 0 heterocycles. The average Bonchev–Trinajstić information content (AvgIpc) is 2.21. The minimum atomic E-state index is -0.401. The fraction of sp³-hybridized carbons (Fsp3) is 0.273. The van der Waals surface area contributed by atoms with E-state index in [4.69, 9.17) is 11.0 Å². The van der Waals surface area contributed by atoms with Gasteiger partial charge in [-0.2, -0.15) is 5.26 Å². The second-order valence-corrected chi connectivity index (χ2v) is 3.24. The van der Waals surface area contributed by atoms with E-state index in [1.165, 1.54) is 7.11 Å². The normalized spacial score (nSPS) is 9.40. The number of nitriles is 1. The molecule has 15 heavy (non-hydrogen) atoms.